The van der Waals surface area contributed by atoms with E-state index in [-0.39, 0.29) is 24.2 Å². The van der Waals surface area contributed by atoms with Gasteiger partial charge >= 0.3 is 0 Å². The number of carbonyl (C=O) groups is 2. The van der Waals surface area contributed by atoms with Gasteiger partial charge in [-0.25, -0.2) is 4.39 Å². The third-order valence-corrected chi connectivity index (χ3v) is 7.89. The van der Waals surface area contributed by atoms with Crippen molar-refractivity contribution in [3.8, 4) is 0 Å². The molecule has 0 unspecified atom stereocenters. The number of nitrogens with zero attached hydrogens (tertiary/aromatic N) is 3. The highest BCUT2D eigenvalue weighted by Gasteiger charge is 2.23. The fraction of sp³-hybridized carbons (Fsp3) is 0.400. The molecule has 1 aromatic heterocycles. The van der Waals surface area contributed by atoms with Gasteiger partial charge in [0.2, 0.25) is 11.8 Å². The molecule has 1 aliphatic heterocycles. The van der Waals surface area contributed by atoms with Gasteiger partial charge in [0.1, 0.15) is 5.82 Å². The fourth-order valence-corrected chi connectivity index (χ4v) is 5.40. The van der Waals surface area contributed by atoms with Gasteiger partial charge in [0.15, 0.2) is 0 Å². The summed E-state index contributed by atoms with van der Waals surface area (Å²) in [5.74, 6) is -0.444. The molecule has 2 heterocycles. The van der Waals surface area contributed by atoms with Crippen molar-refractivity contribution in [2.75, 3.05) is 45.9 Å². The molecule has 38 heavy (non-hydrogen) atoms. The van der Waals surface area contributed by atoms with E-state index in [1.165, 1.54) is 12.1 Å². The molecule has 202 valence electrons. The number of aryl methyl sites for hydroxylation is 2. The van der Waals surface area contributed by atoms with Crippen molar-refractivity contribution in [2.24, 2.45) is 0 Å². The second-order valence-corrected chi connectivity index (χ2v) is 10.7. The van der Waals surface area contributed by atoms with Crippen LogP contribution >= 0.6 is 11.3 Å². The predicted octanol–water partition coefficient (Wildman–Crippen LogP) is 4.52. The third kappa shape index (κ3) is 8.48. The zero-order chi connectivity index (χ0) is 26.7. The predicted molar refractivity (Wildman–Crippen MR) is 148 cm³/mol. The number of rotatable bonds is 12. The van der Waals surface area contributed by atoms with Crippen LogP contribution in [0.4, 0.5) is 4.39 Å². The van der Waals surface area contributed by atoms with Gasteiger partial charge in [-0.3, -0.25) is 14.5 Å². The summed E-state index contributed by atoms with van der Waals surface area (Å²) in [5, 5.41) is 2.02. The van der Waals surface area contributed by atoms with E-state index in [4.69, 9.17) is 4.74 Å². The van der Waals surface area contributed by atoms with Crippen LogP contribution < -0.4 is 0 Å². The first-order valence-corrected chi connectivity index (χ1v) is 14.0. The van der Waals surface area contributed by atoms with E-state index >= 15 is 0 Å². The van der Waals surface area contributed by atoms with Gasteiger partial charge in [0.25, 0.3) is 0 Å². The monoisotopic (exact) mass is 537 g/mol. The highest BCUT2D eigenvalue weighted by Crippen LogP contribution is 2.20. The number of hydrogen-bond donors (Lipinski definition) is 0. The van der Waals surface area contributed by atoms with Crippen LogP contribution in [0.3, 0.4) is 0 Å². The number of carbonyl (C=O) groups excluding carboxylic acids is 2. The van der Waals surface area contributed by atoms with Crippen LogP contribution in [-0.4, -0.2) is 72.5 Å². The van der Waals surface area contributed by atoms with Crippen molar-refractivity contribution in [3.05, 3.63) is 93.4 Å². The van der Waals surface area contributed by atoms with Crippen molar-refractivity contribution < 1.29 is 18.7 Å². The first-order chi connectivity index (χ1) is 18.5. The number of hydrogen-bond acceptors (Lipinski definition) is 5. The fourth-order valence-electron chi connectivity index (χ4n) is 4.48. The van der Waals surface area contributed by atoms with Crippen LogP contribution in [0.25, 0.3) is 0 Å². The van der Waals surface area contributed by atoms with E-state index < -0.39 is 0 Å². The van der Waals surface area contributed by atoms with Crippen molar-refractivity contribution in [1.29, 1.82) is 0 Å². The normalized spacial score (nSPS) is 13.8. The topological polar surface area (TPSA) is 53.1 Å². The molecule has 1 fully saturated rings. The van der Waals surface area contributed by atoms with E-state index in [1.807, 2.05) is 48.7 Å². The maximum absolute atomic E-state index is 13.7. The van der Waals surface area contributed by atoms with Crippen LogP contribution in [0.2, 0.25) is 0 Å². The Labute approximate surface area is 228 Å². The summed E-state index contributed by atoms with van der Waals surface area (Å²) in [6.45, 7) is 7.08. The number of thiophene rings is 1. The molecular weight excluding hydrogens is 501 g/mol. The lowest BCUT2D eigenvalue weighted by atomic mass is 10.1. The van der Waals surface area contributed by atoms with Crippen molar-refractivity contribution in [3.63, 3.8) is 0 Å². The van der Waals surface area contributed by atoms with Gasteiger partial charge in [-0.05, 0) is 53.6 Å². The van der Waals surface area contributed by atoms with E-state index in [9.17, 15) is 14.0 Å². The quantitative estimate of drug-likeness (QED) is 0.341. The molecule has 6 nitrogen and oxygen atoms in total. The molecule has 3 aromatic rings. The summed E-state index contributed by atoms with van der Waals surface area (Å²) in [5.41, 5.74) is 3.09. The Bertz CT molecular complexity index is 1160. The van der Waals surface area contributed by atoms with Gasteiger partial charge in [-0.15, -0.1) is 11.3 Å². The lowest BCUT2D eigenvalue weighted by Crippen LogP contribution is -2.47. The zero-order valence-electron chi connectivity index (χ0n) is 22.0. The van der Waals surface area contributed by atoms with Crippen LogP contribution in [0, 0.1) is 12.7 Å². The Hall–Kier alpha value is -3.07. The highest BCUT2D eigenvalue weighted by atomic mass is 32.1. The molecule has 0 saturated carbocycles. The minimum absolute atomic E-state index is 0.0174. The molecule has 2 amide bonds. The smallest absolute Gasteiger partial charge is 0.242 e. The Morgan fingerprint density at radius 1 is 0.921 bits per heavy atom. The summed E-state index contributed by atoms with van der Waals surface area (Å²) in [4.78, 5) is 34.0. The second-order valence-electron chi connectivity index (χ2n) is 9.66. The van der Waals surface area contributed by atoms with Crippen molar-refractivity contribution >= 4 is 23.2 Å². The van der Waals surface area contributed by atoms with E-state index in [1.54, 1.807) is 33.3 Å². The minimum Gasteiger partial charge on any atom is -0.379 e. The van der Waals surface area contributed by atoms with Gasteiger partial charge in [-0.1, -0.05) is 42.5 Å². The molecule has 0 bridgehead atoms. The third-order valence-electron chi connectivity index (χ3n) is 6.88. The number of halogens is 1. The average Bonchev–Trinajstić information content (AvgIpc) is 3.35. The molecule has 0 atom stereocenters. The molecule has 1 saturated heterocycles. The summed E-state index contributed by atoms with van der Waals surface area (Å²) in [7, 11) is 0. The molecule has 0 aliphatic carbocycles. The van der Waals surface area contributed by atoms with Crippen molar-refractivity contribution in [1.82, 2.24) is 14.7 Å². The maximum atomic E-state index is 13.7. The Morgan fingerprint density at radius 2 is 1.66 bits per heavy atom. The van der Waals surface area contributed by atoms with Gasteiger partial charge in [-0.2, -0.15) is 0 Å². The Balaban J connectivity index is 1.47. The molecular formula is C30H36FN3O3S. The van der Waals surface area contributed by atoms with Gasteiger partial charge in [0, 0.05) is 44.0 Å². The number of ether oxygens (including phenoxy) is 1. The number of morpholine rings is 1. The first kappa shape index (κ1) is 28.0. The minimum atomic E-state index is -0.306. The Morgan fingerprint density at radius 3 is 2.34 bits per heavy atom. The van der Waals surface area contributed by atoms with Crippen LogP contribution in [0.15, 0.2) is 66.0 Å². The first-order valence-electron chi connectivity index (χ1n) is 13.1. The average molecular weight is 538 g/mol. The molecule has 0 spiro atoms. The standard InChI is InChI=1S/C30H36FN3O3S/c1-24-13-20-38-28(24)22-34(21-26-7-10-27(31)11-8-26)30(36)23-33(15-14-32-16-18-37-19-17-32)29(35)12-9-25-5-3-2-4-6-25/h2-8,10-11,13,20H,9,12,14-19,21-23H2,1H3. The highest BCUT2D eigenvalue weighted by molar-refractivity contribution is 7.10. The Kier molecular flexibility index (Phi) is 10.4. The SMILES string of the molecule is Cc1ccsc1CN(Cc1ccc(F)cc1)C(=O)CN(CCN1CCOCC1)C(=O)CCc1ccccc1. The lowest BCUT2D eigenvalue weighted by Gasteiger charge is -2.31. The number of benzene rings is 2. The lowest BCUT2D eigenvalue weighted by molar-refractivity contribution is -0.141. The van der Waals surface area contributed by atoms with E-state index in [0.29, 0.717) is 52.2 Å². The summed E-state index contributed by atoms with van der Waals surface area (Å²) >= 11 is 1.62. The summed E-state index contributed by atoms with van der Waals surface area (Å²) in [6, 6.07) is 18.2. The summed E-state index contributed by atoms with van der Waals surface area (Å²) < 4.78 is 19.0. The molecule has 1 aliphatic rings. The van der Waals surface area contributed by atoms with Crippen LogP contribution in [-0.2, 0) is 33.8 Å². The zero-order valence-corrected chi connectivity index (χ0v) is 22.8. The van der Waals surface area contributed by atoms with E-state index in [2.05, 4.69) is 4.90 Å². The maximum Gasteiger partial charge on any atom is 0.242 e. The van der Waals surface area contributed by atoms with Gasteiger partial charge in [0.05, 0.1) is 26.3 Å². The van der Waals surface area contributed by atoms with Gasteiger partial charge < -0.3 is 14.5 Å². The van der Waals surface area contributed by atoms with E-state index in [0.717, 1.165) is 34.7 Å². The molecule has 8 heteroatoms. The molecule has 2 aromatic carbocycles. The molecule has 0 N–H and O–H groups in total. The largest absolute Gasteiger partial charge is 0.379 e. The second kappa shape index (κ2) is 14.2. The van der Waals surface area contributed by atoms with Crippen LogP contribution in [0.1, 0.15) is 28.0 Å². The van der Waals surface area contributed by atoms with Crippen molar-refractivity contribution in [2.45, 2.75) is 32.9 Å². The molecule has 4 rings (SSSR count). The number of amides is 2. The molecule has 0 radical (unpaired) electrons. The summed E-state index contributed by atoms with van der Waals surface area (Å²) in [6.07, 6.45) is 0.984. The van der Waals surface area contributed by atoms with Crippen LogP contribution in [0.5, 0.6) is 0 Å².